The molecule has 3 heteroatoms. The lowest BCUT2D eigenvalue weighted by Crippen LogP contribution is -2.36. The Morgan fingerprint density at radius 2 is 1.79 bits per heavy atom. The quantitative estimate of drug-likeness (QED) is 0.745. The first kappa shape index (κ1) is 17.3. The normalized spacial score (nSPS) is 17.4. The van der Waals surface area contributed by atoms with Crippen LogP contribution in [-0.2, 0) is 0 Å². The summed E-state index contributed by atoms with van der Waals surface area (Å²) in [4.78, 5) is 5.02. The van der Waals surface area contributed by atoms with Gasteiger partial charge >= 0.3 is 0 Å². The second-order valence-corrected chi connectivity index (χ2v) is 9.36. The van der Waals surface area contributed by atoms with E-state index in [1.165, 1.54) is 43.6 Å². The summed E-state index contributed by atoms with van der Waals surface area (Å²) in [5.74, 6) is 1.82. The predicted octanol–water partition coefficient (Wildman–Crippen LogP) is 6.01. The molecule has 0 bridgehead atoms. The maximum atomic E-state index is 5.02. The summed E-state index contributed by atoms with van der Waals surface area (Å²) in [5.41, 5.74) is 2.67. The molecule has 2 aromatic heterocycles. The second kappa shape index (κ2) is 6.42. The van der Waals surface area contributed by atoms with Crippen molar-refractivity contribution in [2.24, 2.45) is 5.41 Å². The van der Waals surface area contributed by atoms with Crippen molar-refractivity contribution in [2.45, 2.75) is 84.6 Å². The smallest absolute Gasteiger partial charge is 0.138 e. The molecular weight excluding hydrogens is 294 g/mol. The molecule has 1 aliphatic carbocycles. The Morgan fingerprint density at radius 1 is 1.08 bits per heavy atom. The minimum atomic E-state index is 0.0352. The molecule has 0 unspecified atom stereocenters. The molecule has 0 aliphatic heterocycles. The molecule has 0 saturated heterocycles. The molecule has 24 heavy (non-hydrogen) atoms. The van der Waals surface area contributed by atoms with Crippen LogP contribution in [0.15, 0.2) is 24.4 Å². The summed E-state index contributed by atoms with van der Waals surface area (Å²) in [6, 6.07) is 6.30. The molecule has 3 rings (SSSR count). The lowest BCUT2D eigenvalue weighted by molar-refractivity contribution is 0.301. The van der Waals surface area contributed by atoms with Gasteiger partial charge in [0.25, 0.3) is 0 Å². The van der Waals surface area contributed by atoms with E-state index < -0.39 is 0 Å². The van der Waals surface area contributed by atoms with Crippen LogP contribution in [0.25, 0.3) is 5.65 Å². The zero-order valence-electron chi connectivity index (χ0n) is 16.0. The van der Waals surface area contributed by atoms with E-state index in [0.29, 0.717) is 11.3 Å². The average Bonchev–Trinajstić information content (AvgIpc) is 2.84. The lowest BCUT2D eigenvalue weighted by atomic mass is 9.81. The fourth-order valence-corrected chi connectivity index (χ4v) is 4.49. The summed E-state index contributed by atoms with van der Waals surface area (Å²) in [5, 5.41) is 3.86. The first-order chi connectivity index (χ1) is 11.3. The van der Waals surface area contributed by atoms with Crippen LogP contribution in [0.4, 0.5) is 5.82 Å². The average molecular weight is 328 g/mol. The molecule has 1 fully saturated rings. The molecule has 0 atom stereocenters. The van der Waals surface area contributed by atoms with Gasteiger partial charge in [0, 0.05) is 17.7 Å². The number of hydrogen-bond acceptors (Lipinski definition) is 2. The van der Waals surface area contributed by atoms with Crippen LogP contribution < -0.4 is 5.32 Å². The summed E-state index contributed by atoms with van der Waals surface area (Å²) >= 11 is 0. The van der Waals surface area contributed by atoms with Gasteiger partial charge in [-0.05, 0) is 50.7 Å². The third-order valence-electron chi connectivity index (χ3n) is 4.98. The maximum absolute atomic E-state index is 5.02. The monoisotopic (exact) mass is 327 g/mol. The summed E-state index contributed by atoms with van der Waals surface area (Å²) in [6.07, 6.45) is 9.86. The Labute approximate surface area is 146 Å². The van der Waals surface area contributed by atoms with Gasteiger partial charge in [0.15, 0.2) is 0 Å². The van der Waals surface area contributed by atoms with Crippen molar-refractivity contribution in [3.8, 4) is 0 Å². The third-order valence-corrected chi connectivity index (χ3v) is 4.98. The van der Waals surface area contributed by atoms with Crippen molar-refractivity contribution < 1.29 is 0 Å². The summed E-state index contributed by atoms with van der Waals surface area (Å²) in [7, 11) is 0. The zero-order valence-corrected chi connectivity index (χ0v) is 16.0. The van der Waals surface area contributed by atoms with Crippen molar-refractivity contribution in [1.29, 1.82) is 0 Å². The first-order valence-corrected chi connectivity index (χ1v) is 9.50. The van der Waals surface area contributed by atoms with Crippen molar-refractivity contribution in [3.63, 3.8) is 0 Å². The van der Waals surface area contributed by atoms with Gasteiger partial charge in [0.1, 0.15) is 11.5 Å². The fourth-order valence-electron chi connectivity index (χ4n) is 4.49. The molecule has 2 heterocycles. The molecule has 132 valence electrons. The number of aromatic nitrogens is 2. The van der Waals surface area contributed by atoms with Crippen molar-refractivity contribution in [3.05, 3.63) is 30.1 Å². The van der Waals surface area contributed by atoms with Gasteiger partial charge in [0.05, 0.1) is 5.69 Å². The largest absolute Gasteiger partial charge is 0.365 e. The topological polar surface area (TPSA) is 29.3 Å². The van der Waals surface area contributed by atoms with Crippen LogP contribution in [0.3, 0.4) is 0 Å². The molecule has 0 spiro atoms. The van der Waals surface area contributed by atoms with Crippen molar-refractivity contribution >= 4 is 11.5 Å². The number of pyridine rings is 1. The van der Waals surface area contributed by atoms with Crippen LogP contribution in [0.2, 0.25) is 0 Å². The highest BCUT2D eigenvalue weighted by Crippen LogP contribution is 2.38. The van der Waals surface area contributed by atoms with Crippen LogP contribution in [0, 0.1) is 5.41 Å². The van der Waals surface area contributed by atoms with Gasteiger partial charge < -0.3 is 5.32 Å². The molecule has 1 N–H and O–H groups in total. The van der Waals surface area contributed by atoms with E-state index in [2.05, 4.69) is 68.7 Å². The van der Waals surface area contributed by atoms with Gasteiger partial charge in [-0.1, -0.05) is 46.1 Å². The van der Waals surface area contributed by atoms with Gasteiger partial charge in [-0.25, -0.2) is 4.98 Å². The van der Waals surface area contributed by atoms with E-state index in [1.54, 1.807) is 0 Å². The Morgan fingerprint density at radius 3 is 2.46 bits per heavy atom. The molecule has 0 radical (unpaired) electrons. The molecule has 1 aliphatic rings. The van der Waals surface area contributed by atoms with E-state index in [-0.39, 0.29) is 5.54 Å². The number of rotatable bonds is 4. The lowest BCUT2D eigenvalue weighted by Gasteiger charge is -2.34. The number of nitrogens with zero attached hydrogens (tertiary/aromatic N) is 2. The predicted molar refractivity (Wildman–Crippen MR) is 103 cm³/mol. The SMILES string of the molecule is CC(C)(C)CC(C)(C)Nc1c(C2CCCCC2)nc2ccccn12. The molecule has 1 saturated carbocycles. The van der Waals surface area contributed by atoms with E-state index >= 15 is 0 Å². The van der Waals surface area contributed by atoms with Crippen LogP contribution in [0.1, 0.15) is 84.8 Å². The second-order valence-electron chi connectivity index (χ2n) is 9.36. The molecule has 0 aromatic carbocycles. The van der Waals surface area contributed by atoms with E-state index in [4.69, 9.17) is 4.98 Å². The highest BCUT2D eigenvalue weighted by molar-refractivity contribution is 5.57. The Hall–Kier alpha value is -1.51. The molecule has 2 aromatic rings. The molecule has 3 nitrogen and oxygen atoms in total. The Balaban J connectivity index is 1.98. The maximum Gasteiger partial charge on any atom is 0.138 e. The van der Waals surface area contributed by atoms with Crippen molar-refractivity contribution in [1.82, 2.24) is 9.38 Å². The van der Waals surface area contributed by atoms with Crippen LogP contribution in [-0.4, -0.2) is 14.9 Å². The molecule has 0 amide bonds. The van der Waals surface area contributed by atoms with Gasteiger partial charge in [0.2, 0.25) is 0 Å². The van der Waals surface area contributed by atoms with Crippen molar-refractivity contribution in [2.75, 3.05) is 5.32 Å². The van der Waals surface area contributed by atoms with Gasteiger partial charge in [-0.15, -0.1) is 0 Å². The fraction of sp³-hybridized carbons (Fsp3) is 0.667. The zero-order chi connectivity index (χ0) is 17.4. The number of nitrogens with one attached hydrogen (secondary N) is 1. The summed E-state index contributed by atoms with van der Waals surface area (Å²) in [6.45, 7) is 11.6. The number of imidazole rings is 1. The molecular formula is C21H33N3. The highest BCUT2D eigenvalue weighted by Gasteiger charge is 2.30. The third kappa shape index (κ3) is 3.93. The minimum Gasteiger partial charge on any atom is -0.365 e. The van der Waals surface area contributed by atoms with Crippen LogP contribution in [0.5, 0.6) is 0 Å². The highest BCUT2D eigenvalue weighted by atomic mass is 15.2. The van der Waals surface area contributed by atoms with E-state index in [9.17, 15) is 0 Å². The van der Waals surface area contributed by atoms with E-state index in [1.807, 2.05) is 0 Å². The summed E-state index contributed by atoms with van der Waals surface area (Å²) < 4.78 is 2.24. The van der Waals surface area contributed by atoms with Crippen LogP contribution >= 0.6 is 0 Å². The van der Waals surface area contributed by atoms with Gasteiger partial charge in [-0.3, -0.25) is 4.40 Å². The number of anilines is 1. The van der Waals surface area contributed by atoms with E-state index in [0.717, 1.165) is 12.1 Å². The standard InChI is InChI=1S/C21H33N3/c1-20(2,3)15-21(4,5)23-19-18(16-11-7-6-8-12-16)22-17-13-9-10-14-24(17)19/h9-10,13-14,16,23H,6-8,11-12,15H2,1-5H3. The van der Waals surface area contributed by atoms with Gasteiger partial charge in [-0.2, -0.15) is 0 Å². The number of fused-ring (bicyclic) bond motifs is 1. The Bertz CT molecular complexity index is 685. The minimum absolute atomic E-state index is 0.0352. The number of hydrogen-bond donors (Lipinski definition) is 1. The Kier molecular flexibility index (Phi) is 4.63. The first-order valence-electron chi connectivity index (χ1n) is 9.50.